The Morgan fingerprint density at radius 2 is 1.94 bits per heavy atom. The molecule has 0 saturated heterocycles. The third-order valence-corrected chi connectivity index (χ3v) is 2.46. The lowest BCUT2D eigenvalue weighted by atomic mass is 9.92. The van der Waals surface area contributed by atoms with Crippen LogP contribution in [0.15, 0.2) is 6.07 Å². The van der Waals surface area contributed by atoms with E-state index in [9.17, 15) is 13.2 Å². The molecule has 0 bridgehead atoms. The highest BCUT2D eigenvalue weighted by molar-refractivity contribution is 7.80. The summed E-state index contributed by atoms with van der Waals surface area (Å²) >= 11 is 4.74. The van der Waals surface area contributed by atoms with Crippen molar-refractivity contribution in [2.45, 2.75) is 45.3 Å². The van der Waals surface area contributed by atoms with Gasteiger partial charge in [-0.1, -0.05) is 33.0 Å². The van der Waals surface area contributed by atoms with E-state index in [0.29, 0.717) is 11.4 Å². The number of nitrogens with zero attached hydrogens (tertiary/aromatic N) is 2. The minimum atomic E-state index is -4.31. The summed E-state index contributed by atoms with van der Waals surface area (Å²) in [7, 11) is 0. The van der Waals surface area contributed by atoms with E-state index in [1.54, 1.807) is 6.07 Å². The Hall–Kier alpha value is -1.11. The van der Waals surface area contributed by atoms with Crippen LogP contribution in [0.25, 0.3) is 0 Å². The Balaban J connectivity index is 3.13. The van der Waals surface area contributed by atoms with Crippen LogP contribution >= 0.6 is 12.2 Å². The van der Waals surface area contributed by atoms with Gasteiger partial charge in [0.15, 0.2) is 0 Å². The fourth-order valence-electron chi connectivity index (χ4n) is 1.45. The second kappa shape index (κ2) is 4.87. The van der Waals surface area contributed by atoms with Crippen LogP contribution < -0.4 is 5.73 Å². The van der Waals surface area contributed by atoms with Crippen molar-refractivity contribution in [1.29, 1.82) is 0 Å². The van der Waals surface area contributed by atoms with E-state index < -0.39 is 12.7 Å². The van der Waals surface area contributed by atoms with Gasteiger partial charge >= 0.3 is 6.18 Å². The molecule has 2 N–H and O–H groups in total. The Labute approximate surface area is 109 Å². The van der Waals surface area contributed by atoms with Gasteiger partial charge in [-0.2, -0.15) is 18.3 Å². The number of thiocarbonyl (C=S) groups is 1. The first-order chi connectivity index (χ1) is 7.99. The van der Waals surface area contributed by atoms with Gasteiger partial charge in [-0.15, -0.1) is 0 Å². The Bertz CT molecular complexity index is 443. The summed E-state index contributed by atoms with van der Waals surface area (Å²) in [4.78, 5) is 0.152. The maximum Gasteiger partial charge on any atom is 0.408 e. The van der Waals surface area contributed by atoms with E-state index in [-0.39, 0.29) is 16.8 Å². The summed E-state index contributed by atoms with van der Waals surface area (Å²) in [6, 6.07) is 1.63. The lowest BCUT2D eigenvalue weighted by Gasteiger charge is -2.14. The summed E-state index contributed by atoms with van der Waals surface area (Å²) in [6.07, 6.45) is -4.19. The van der Waals surface area contributed by atoms with Crippen LogP contribution in [-0.2, 0) is 18.4 Å². The summed E-state index contributed by atoms with van der Waals surface area (Å²) < 4.78 is 38.2. The molecule has 7 heteroatoms. The summed E-state index contributed by atoms with van der Waals surface area (Å²) in [6.45, 7) is 4.54. The zero-order valence-corrected chi connectivity index (χ0v) is 11.3. The van der Waals surface area contributed by atoms with Gasteiger partial charge in [0.25, 0.3) is 0 Å². The molecule has 1 aromatic heterocycles. The molecule has 0 atom stereocenters. The lowest BCUT2D eigenvalue weighted by molar-refractivity contribution is -0.143. The van der Waals surface area contributed by atoms with Gasteiger partial charge < -0.3 is 5.73 Å². The minimum Gasteiger partial charge on any atom is -0.393 e. The average Bonchev–Trinajstić information content (AvgIpc) is 2.43. The Kier molecular flexibility index (Phi) is 4.05. The molecular weight excluding hydrogens is 263 g/mol. The van der Waals surface area contributed by atoms with Crippen LogP contribution in [0.1, 0.15) is 32.2 Å². The molecule has 0 aliphatic carbocycles. The molecule has 0 fully saturated rings. The first kappa shape index (κ1) is 14.9. The molecular formula is C11H16F3N3S. The molecule has 0 amide bonds. The van der Waals surface area contributed by atoms with E-state index in [4.69, 9.17) is 18.0 Å². The predicted molar refractivity (Wildman–Crippen MR) is 67.5 cm³/mol. The Morgan fingerprint density at radius 3 is 2.33 bits per heavy atom. The Morgan fingerprint density at radius 1 is 1.39 bits per heavy atom. The van der Waals surface area contributed by atoms with E-state index in [2.05, 4.69) is 5.10 Å². The van der Waals surface area contributed by atoms with Gasteiger partial charge in [-0.25, -0.2) is 0 Å². The van der Waals surface area contributed by atoms with E-state index >= 15 is 0 Å². The molecule has 102 valence electrons. The number of hydrogen-bond donors (Lipinski definition) is 1. The van der Waals surface area contributed by atoms with Crippen LogP contribution in [0, 0.1) is 0 Å². The normalized spacial score (nSPS) is 12.8. The topological polar surface area (TPSA) is 43.8 Å². The van der Waals surface area contributed by atoms with Crippen LogP contribution in [0.5, 0.6) is 0 Å². The fraction of sp³-hybridized carbons (Fsp3) is 0.636. The van der Waals surface area contributed by atoms with Crippen molar-refractivity contribution < 1.29 is 13.2 Å². The third kappa shape index (κ3) is 4.29. The van der Waals surface area contributed by atoms with Gasteiger partial charge in [-0.05, 0) is 6.07 Å². The van der Waals surface area contributed by atoms with Gasteiger partial charge in [0.2, 0.25) is 0 Å². The van der Waals surface area contributed by atoms with Crippen LogP contribution in [-0.4, -0.2) is 20.9 Å². The molecule has 0 aliphatic heterocycles. The fourth-order valence-corrected chi connectivity index (χ4v) is 1.60. The number of alkyl halides is 3. The largest absolute Gasteiger partial charge is 0.408 e. The first-order valence-corrected chi connectivity index (χ1v) is 5.82. The summed E-state index contributed by atoms with van der Waals surface area (Å²) in [5.74, 6) is 0. The van der Waals surface area contributed by atoms with E-state index in [0.717, 1.165) is 4.68 Å². The van der Waals surface area contributed by atoms with E-state index in [1.165, 1.54) is 0 Å². The number of nitrogens with two attached hydrogens (primary N) is 1. The number of halogens is 3. The quantitative estimate of drug-likeness (QED) is 0.865. The highest BCUT2D eigenvalue weighted by Gasteiger charge is 2.31. The van der Waals surface area contributed by atoms with Gasteiger partial charge in [0.05, 0.1) is 10.7 Å². The molecule has 1 heterocycles. The number of hydrogen-bond acceptors (Lipinski definition) is 2. The van der Waals surface area contributed by atoms with Crippen molar-refractivity contribution in [3.8, 4) is 0 Å². The monoisotopic (exact) mass is 279 g/mol. The van der Waals surface area contributed by atoms with Gasteiger partial charge in [0, 0.05) is 17.5 Å². The predicted octanol–water partition coefficient (Wildman–Crippen LogP) is 2.57. The highest BCUT2D eigenvalue weighted by Crippen LogP contribution is 2.24. The van der Waals surface area contributed by atoms with Crippen molar-refractivity contribution in [3.63, 3.8) is 0 Å². The van der Waals surface area contributed by atoms with Gasteiger partial charge in [-0.3, -0.25) is 4.68 Å². The minimum absolute atomic E-state index is 0.120. The van der Waals surface area contributed by atoms with Crippen molar-refractivity contribution in [2.75, 3.05) is 0 Å². The van der Waals surface area contributed by atoms with Crippen LogP contribution in [0.4, 0.5) is 13.2 Å². The second-order valence-electron chi connectivity index (χ2n) is 5.19. The molecule has 0 radical (unpaired) electrons. The molecule has 0 spiro atoms. The highest BCUT2D eigenvalue weighted by atomic mass is 32.1. The second-order valence-corrected chi connectivity index (χ2v) is 5.71. The zero-order chi connectivity index (χ0) is 14.1. The zero-order valence-electron chi connectivity index (χ0n) is 10.5. The van der Waals surface area contributed by atoms with Crippen molar-refractivity contribution >= 4 is 17.2 Å². The molecule has 0 aromatic carbocycles. The number of aromatic nitrogens is 2. The van der Waals surface area contributed by atoms with E-state index in [1.807, 2.05) is 20.8 Å². The SMILES string of the molecule is CC(C)(C)c1cc(CC(N)=S)n(CC(F)(F)F)n1. The molecule has 0 saturated carbocycles. The van der Waals surface area contributed by atoms with Crippen molar-refractivity contribution in [1.82, 2.24) is 9.78 Å². The average molecular weight is 279 g/mol. The molecule has 18 heavy (non-hydrogen) atoms. The molecule has 0 aliphatic rings. The lowest BCUT2D eigenvalue weighted by Crippen LogP contribution is -2.23. The molecule has 0 unspecified atom stereocenters. The smallest absolute Gasteiger partial charge is 0.393 e. The third-order valence-electron chi connectivity index (χ3n) is 2.32. The van der Waals surface area contributed by atoms with Gasteiger partial charge in [0.1, 0.15) is 6.54 Å². The first-order valence-electron chi connectivity index (χ1n) is 5.41. The standard InChI is InChI=1S/C11H16F3N3S/c1-10(2,3)8-4-7(5-9(15)18)17(16-8)6-11(12,13)14/h4H,5-6H2,1-3H3,(H2,15,18). The summed E-state index contributed by atoms with van der Waals surface area (Å²) in [5.41, 5.74) is 6.06. The van der Waals surface area contributed by atoms with Crippen LogP contribution in [0.2, 0.25) is 0 Å². The molecule has 1 aromatic rings. The number of rotatable bonds is 3. The maximum absolute atomic E-state index is 12.4. The summed E-state index contributed by atoms with van der Waals surface area (Å²) in [5, 5.41) is 4.00. The van der Waals surface area contributed by atoms with Crippen molar-refractivity contribution in [3.05, 3.63) is 17.5 Å². The maximum atomic E-state index is 12.4. The van der Waals surface area contributed by atoms with Crippen molar-refractivity contribution in [2.24, 2.45) is 5.73 Å². The molecule has 1 rings (SSSR count). The van der Waals surface area contributed by atoms with Crippen LogP contribution in [0.3, 0.4) is 0 Å². The molecule has 3 nitrogen and oxygen atoms in total.